The predicted molar refractivity (Wildman–Crippen MR) is 64.1 cm³/mol. The van der Waals surface area contributed by atoms with Gasteiger partial charge in [0.15, 0.2) is 5.22 Å². The molecule has 0 amide bonds. The summed E-state index contributed by atoms with van der Waals surface area (Å²) < 4.78 is 5.07. The first-order chi connectivity index (χ1) is 7.72. The van der Waals surface area contributed by atoms with Crippen LogP contribution in [0.1, 0.15) is 22.7 Å². The Kier molecular flexibility index (Phi) is 3.29. The molecule has 2 aromatic rings. The van der Waals surface area contributed by atoms with Crippen LogP contribution in [0.4, 0.5) is 0 Å². The van der Waals surface area contributed by atoms with E-state index in [9.17, 15) is 0 Å². The molecule has 1 aromatic carbocycles. The quantitative estimate of drug-likeness (QED) is 0.637. The van der Waals surface area contributed by atoms with E-state index < -0.39 is 0 Å². The van der Waals surface area contributed by atoms with Crippen molar-refractivity contribution >= 4 is 11.6 Å². The summed E-state index contributed by atoms with van der Waals surface area (Å²) >= 11 is 5.94. The van der Waals surface area contributed by atoms with Gasteiger partial charge in [0.25, 0.3) is 0 Å². The molecule has 1 unspecified atom stereocenters. The molecule has 0 spiro atoms. The molecule has 0 aliphatic heterocycles. The average molecular weight is 237 g/mol. The van der Waals surface area contributed by atoms with E-state index in [4.69, 9.17) is 21.9 Å². The third-order valence-corrected chi connectivity index (χ3v) is 2.81. The molecule has 0 aliphatic carbocycles. The molecule has 1 atom stereocenters. The maximum atomic E-state index is 5.94. The molecule has 2 rings (SSSR count). The van der Waals surface area contributed by atoms with Crippen LogP contribution in [0.25, 0.3) is 0 Å². The van der Waals surface area contributed by atoms with Crippen LogP contribution in [0.2, 0.25) is 5.22 Å². The molecule has 0 radical (unpaired) electrons. The van der Waals surface area contributed by atoms with Crippen molar-refractivity contribution in [1.29, 1.82) is 0 Å². The first kappa shape index (κ1) is 11.2. The largest absolute Gasteiger partial charge is 0.453 e. The van der Waals surface area contributed by atoms with Crippen LogP contribution < -0.4 is 11.3 Å². The van der Waals surface area contributed by atoms with Crippen molar-refractivity contribution in [1.82, 2.24) is 5.43 Å². The number of hydrazine groups is 1. The third kappa shape index (κ3) is 2.11. The van der Waals surface area contributed by atoms with Crippen LogP contribution in [-0.4, -0.2) is 0 Å². The van der Waals surface area contributed by atoms with Crippen molar-refractivity contribution in [2.45, 2.75) is 13.0 Å². The van der Waals surface area contributed by atoms with Crippen LogP contribution >= 0.6 is 11.6 Å². The number of rotatable bonds is 3. The fourth-order valence-electron chi connectivity index (χ4n) is 1.73. The number of benzene rings is 1. The number of hydrogen-bond donors (Lipinski definition) is 2. The predicted octanol–water partition coefficient (Wildman–Crippen LogP) is 2.79. The molecule has 4 heteroatoms. The highest BCUT2D eigenvalue weighted by molar-refractivity contribution is 6.29. The van der Waals surface area contributed by atoms with Gasteiger partial charge in [-0.15, -0.1) is 0 Å². The molecule has 1 heterocycles. The van der Waals surface area contributed by atoms with E-state index in [0.717, 1.165) is 11.1 Å². The van der Waals surface area contributed by atoms with Gasteiger partial charge in [0, 0.05) is 5.56 Å². The second kappa shape index (κ2) is 4.70. The molecule has 0 bridgehead atoms. The number of hydrogen-bond acceptors (Lipinski definition) is 3. The Morgan fingerprint density at radius 3 is 2.75 bits per heavy atom. The molecule has 0 saturated carbocycles. The highest BCUT2D eigenvalue weighted by Gasteiger charge is 2.17. The SMILES string of the molecule is Cc1cccc(C(NN)c2ccoc2Cl)c1. The monoisotopic (exact) mass is 236 g/mol. The number of nitrogens with two attached hydrogens (primary N) is 1. The normalized spacial score (nSPS) is 12.7. The van der Waals surface area contributed by atoms with E-state index >= 15 is 0 Å². The van der Waals surface area contributed by atoms with Gasteiger partial charge in [0.2, 0.25) is 0 Å². The van der Waals surface area contributed by atoms with Crippen LogP contribution in [0.3, 0.4) is 0 Å². The summed E-state index contributed by atoms with van der Waals surface area (Å²) in [5.41, 5.74) is 5.83. The molecule has 3 N–H and O–H groups in total. The zero-order chi connectivity index (χ0) is 11.5. The number of halogens is 1. The Labute approximate surface area is 99.2 Å². The lowest BCUT2D eigenvalue weighted by Crippen LogP contribution is -2.28. The fourth-order valence-corrected chi connectivity index (χ4v) is 1.95. The summed E-state index contributed by atoms with van der Waals surface area (Å²) in [5.74, 6) is 5.56. The maximum absolute atomic E-state index is 5.94. The topological polar surface area (TPSA) is 51.2 Å². The maximum Gasteiger partial charge on any atom is 0.198 e. The van der Waals surface area contributed by atoms with E-state index in [2.05, 4.69) is 11.5 Å². The van der Waals surface area contributed by atoms with Gasteiger partial charge in [-0.05, 0) is 30.2 Å². The molecule has 0 fully saturated rings. The lowest BCUT2D eigenvalue weighted by Gasteiger charge is -2.15. The summed E-state index contributed by atoms with van der Waals surface area (Å²) in [6.45, 7) is 2.04. The van der Waals surface area contributed by atoms with E-state index in [1.54, 1.807) is 6.26 Å². The van der Waals surface area contributed by atoms with Crippen LogP contribution in [0.5, 0.6) is 0 Å². The first-order valence-electron chi connectivity index (χ1n) is 4.98. The average Bonchev–Trinajstić information content (AvgIpc) is 2.67. The Balaban J connectivity index is 2.40. The lowest BCUT2D eigenvalue weighted by molar-refractivity contribution is 0.555. The van der Waals surface area contributed by atoms with Gasteiger partial charge < -0.3 is 4.42 Å². The highest BCUT2D eigenvalue weighted by Crippen LogP contribution is 2.28. The second-order valence-electron chi connectivity index (χ2n) is 3.66. The minimum Gasteiger partial charge on any atom is -0.453 e. The number of aryl methyl sites for hydroxylation is 1. The van der Waals surface area contributed by atoms with Crippen molar-refractivity contribution in [3.63, 3.8) is 0 Å². The fraction of sp³-hybridized carbons (Fsp3) is 0.167. The van der Waals surface area contributed by atoms with Crippen molar-refractivity contribution in [3.8, 4) is 0 Å². The van der Waals surface area contributed by atoms with Crippen molar-refractivity contribution < 1.29 is 4.42 Å². The van der Waals surface area contributed by atoms with E-state index in [1.807, 2.05) is 31.2 Å². The minimum atomic E-state index is -0.147. The van der Waals surface area contributed by atoms with Gasteiger partial charge in [-0.3, -0.25) is 5.84 Å². The molecule has 0 aliphatic rings. The zero-order valence-electron chi connectivity index (χ0n) is 8.91. The molecule has 3 nitrogen and oxygen atoms in total. The second-order valence-corrected chi connectivity index (χ2v) is 4.01. The summed E-state index contributed by atoms with van der Waals surface area (Å²) in [6.07, 6.45) is 1.55. The summed E-state index contributed by atoms with van der Waals surface area (Å²) in [7, 11) is 0. The molecule has 16 heavy (non-hydrogen) atoms. The van der Waals surface area contributed by atoms with Gasteiger partial charge >= 0.3 is 0 Å². The zero-order valence-corrected chi connectivity index (χ0v) is 9.66. The number of nitrogens with one attached hydrogen (secondary N) is 1. The van der Waals surface area contributed by atoms with Gasteiger partial charge in [0.1, 0.15) is 0 Å². The summed E-state index contributed by atoms with van der Waals surface area (Å²) in [4.78, 5) is 0. The van der Waals surface area contributed by atoms with Crippen molar-refractivity contribution in [3.05, 3.63) is 58.5 Å². The van der Waals surface area contributed by atoms with E-state index in [0.29, 0.717) is 5.22 Å². The van der Waals surface area contributed by atoms with Crippen molar-refractivity contribution in [2.24, 2.45) is 5.84 Å². The van der Waals surface area contributed by atoms with Gasteiger partial charge in [0.05, 0.1) is 12.3 Å². The third-order valence-electron chi connectivity index (χ3n) is 2.50. The Bertz CT molecular complexity index is 481. The lowest BCUT2D eigenvalue weighted by atomic mass is 10.0. The Morgan fingerprint density at radius 1 is 1.38 bits per heavy atom. The van der Waals surface area contributed by atoms with Gasteiger partial charge in [-0.2, -0.15) is 0 Å². The molecule has 1 aromatic heterocycles. The van der Waals surface area contributed by atoms with E-state index in [1.165, 1.54) is 5.56 Å². The summed E-state index contributed by atoms with van der Waals surface area (Å²) in [5, 5.41) is 0.365. The van der Waals surface area contributed by atoms with Crippen LogP contribution in [-0.2, 0) is 0 Å². The summed E-state index contributed by atoms with van der Waals surface area (Å²) in [6, 6.07) is 9.76. The Hall–Kier alpha value is -1.29. The van der Waals surface area contributed by atoms with Crippen molar-refractivity contribution in [2.75, 3.05) is 0 Å². The minimum absolute atomic E-state index is 0.147. The smallest absolute Gasteiger partial charge is 0.198 e. The molecule has 0 saturated heterocycles. The molecular formula is C12H13ClN2O. The highest BCUT2D eigenvalue weighted by atomic mass is 35.5. The Morgan fingerprint density at radius 2 is 2.19 bits per heavy atom. The number of furan rings is 1. The molecule has 84 valence electrons. The van der Waals surface area contributed by atoms with Gasteiger partial charge in [-0.25, -0.2) is 5.43 Å². The molecular weight excluding hydrogens is 224 g/mol. The van der Waals surface area contributed by atoms with Crippen LogP contribution in [0.15, 0.2) is 41.0 Å². The first-order valence-corrected chi connectivity index (χ1v) is 5.35. The standard InChI is InChI=1S/C12H13ClN2O/c1-8-3-2-4-9(7-8)11(15-14)10-5-6-16-12(10)13/h2-7,11,15H,14H2,1H3. The van der Waals surface area contributed by atoms with E-state index in [-0.39, 0.29) is 6.04 Å². The van der Waals surface area contributed by atoms with Crippen LogP contribution in [0, 0.1) is 6.92 Å². The van der Waals surface area contributed by atoms with Gasteiger partial charge in [-0.1, -0.05) is 29.8 Å².